The van der Waals surface area contributed by atoms with E-state index < -0.39 is 0 Å². The highest BCUT2D eigenvalue weighted by atomic mass is 32.2. The van der Waals surface area contributed by atoms with E-state index in [2.05, 4.69) is 17.7 Å². The molecule has 0 bridgehead atoms. The van der Waals surface area contributed by atoms with Gasteiger partial charge in [0.1, 0.15) is 0 Å². The van der Waals surface area contributed by atoms with Crippen molar-refractivity contribution in [2.24, 2.45) is 5.84 Å². The number of hydrazine groups is 1. The number of hydrogen-bond acceptors (Lipinski definition) is 3. The maximum absolute atomic E-state index is 5.18. The normalized spacial score (nSPS) is 27.2. The van der Waals surface area contributed by atoms with Crippen molar-refractivity contribution >= 4 is 29.1 Å². The summed E-state index contributed by atoms with van der Waals surface area (Å²) in [6.45, 7) is 2.21. The molecule has 0 aromatic heterocycles. The predicted octanol–water partition coefficient (Wildman–Crippen LogP) is 0.998. The van der Waals surface area contributed by atoms with Crippen LogP contribution < -0.4 is 16.6 Å². The summed E-state index contributed by atoms with van der Waals surface area (Å²) >= 11 is 6.98. The number of nitrogens with two attached hydrogens (primary N) is 1. The fourth-order valence-electron chi connectivity index (χ4n) is 1.69. The lowest BCUT2D eigenvalue weighted by Crippen LogP contribution is -2.44. The molecule has 0 radical (unpaired) electrons. The summed E-state index contributed by atoms with van der Waals surface area (Å²) in [5, 5.41) is 4.57. The van der Waals surface area contributed by atoms with Gasteiger partial charge in [0.05, 0.1) is 0 Å². The molecule has 1 fully saturated rings. The van der Waals surface area contributed by atoms with Gasteiger partial charge in [0.2, 0.25) is 0 Å². The van der Waals surface area contributed by atoms with Crippen molar-refractivity contribution in [3.8, 4) is 0 Å². The van der Waals surface area contributed by atoms with Crippen LogP contribution in [0.15, 0.2) is 0 Å². The van der Waals surface area contributed by atoms with Crippen LogP contribution in [0.3, 0.4) is 0 Å². The van der Waals surface area contributed by atoms with Crippen LogP contribution in [0.5, 0.6) is 0 Å². The highest BCUT2D eigenvalue weighted by Gasteiger charge is 2.24. The largest absolute Gasteiger partial charge is 0.359 e. The Morgan fingerprint density at radius 3 is 3.00 bits per heavy atom. The zero-order chi connectivity index (χ0) is 9.68. The number of nitrogens with one attached hydrogen (secondary N) is 2. The summed E-state index contributed by atoms with van der Waals surface area (Å²) in [6, 6.07) is 0.521. The van der Waals surface area contributed by atoms with Gasteiger partial charge in [-0.2, -0.15) is 11.8 Å². The fraction of sp³-hybridized carbons (Fsp3) is 0.875. The molecule has 0 aliphatic heterocycles. The Balaban J connectivity index is 2.20. The van der Waals surface area contributed by atoms with E-state index in [0.29, 0.717) is 11.2 Å². The molecule has 0 heterocycles. The Bertz CT molecular complexity index is 175. The molecule has 3 nitrogen and oxygen atoms in total. The maximum atomic E-state index is 5.18. The zero-order valence-electron chi connectivity index (χ0n) is 7.88. The topological polar surface area (TPSA) is 50.1 Å². The first kappa shape index (κ1) is 11.1. The SMILES string of the molecule is CCSC1CCC(NC(=S)NN)C1. The quantitative estimate of drug-likeness (QED) is 0.375. The predicted molar refractivity (Wildman–Crippen MR) is 62.6 cm³/mol. The Hall–Kier alpha value is -0.0000000000000000486. The minimum Gasteiger partial charge on any atom is -0.359 e. The van der Waals surface area contributed by atoms with Crippen LogP contribution in [0.25, 0.3) is 0 Å². The van der Waals surface area contributed by atoms with Crippen molar-refractivity contribution in [1.29, 1.82) is 0 Å². The van der Waals surface area contributed by atoms with Gasteiger partial charge in [-0.1, -0.05) is 6.92 Å². The van der Waals surface area contributed by atoms with Gasteiger partial charge in [0, 0.05) is 11.3 Å². The Labute approximate surface area is 89.2 Å². The highest BCUT2D eigenvalue weighted by Crippen LogP contribution is 2.29. The molecule has 13 heavy (non-hydrogen) atoms. The van der Waals surface area contributed by atoms with E-state index in [1.165, 1.54) is 25.0 Å². The van der Waals surface area contributed by atoms with E-state index in [9.17, 15) is 0 Å². The van der Waals surface area contributed by atoms with E-state index in [1.54, 1.807) is 0 Å². The minimum atomic E-state index is 0.521. The first-order valence-electron chi connectivity index (χ1n) is 4.65. The lowest BCUT2D eigenvalue weighted by atomic mass is 10.3. The Kier molecular flexibility index (Phi) is 4.83. The molecule has 2 atom stereocenters. The number of thiocarbonyl (C=S) groups is 1. The molecule has 1 aliphatic carbocycles. The second kappa shape index (κ2) is 5.67. The molecule has 76 valence electrons. The monoisotopic (exact) mass is 219 g/mol. The van der Waals surface area contributed by atoms with Gasteiger partial charge in [-0.25, -0.2) is 5.84 Å². The second-order valence-corrected chi connectivity index (χ2v) is 5.19. The minimum absolute atomic E-state index is 0.521. The van der Waals surface area contributed by atoms with Gasteiger partial charge < -0.3 is 10.7 Å². The molecule has 2 unspecified atom stereocenters. The Morgan fingerprint density at radius 1 is 1.62 bits per heavy atom. The molecular formula is C8H17N3S2. The average molecular weight is 219 g/mol. The number of thioether (sulfide) groups is 1. The van der Waals surface area contributed by atoms with Crippen molar-refractivity contribution in [3.63, 3.8) is 0 Å². The standard InChI is InChI=1S/C8H17N3S2/c1-2-13-7-4-3-6(5-7)10-8(12)11-9/h6-7H,2-5,9H2,1H3,(H2,10,11,12). The summed E-state index contributed by atoms with van der Waals surface area (Å²) in [6.07, 6.45) is 3.71. The van der Waals surface area contributed by atoms with Crippen LogP contribution in [0.4, 0.5) is 0 Å². The van der Waals surface area contributed by atoms with Crippen LogP contribution in [0.2, 0.25) is 0 Å². The molecule has 1 aliphatic rings. The van der Waals surface area contributed by atoms with Gasteiger partial charge >= 0.3 is 0 Å². The molecule has 4 N–H and O–H groups in total. The maximum Gasteiger partial charge on any atom is 0.180 e. The molecule has 0 aromatic rings. The smallest absolute Gasteiger partial charge is 0.180 e. The van der Waals surface area contributed by atoms with E-state index in [4.69, 9.17) is 18.1 Å². The first-order valence-corrected chi connectivity index (χ1v) is 6.10. The van der Waals surface area contributed by atoms with Crippen molar-refractivity contribution in [1.82, 2.24) is 10.7 Å². The van der Waals surface area contributed by atoms with E-state index in [-0.39, 0.29) is 0 Å². The first-order chi connectivity index (χ1) is 6.26. The Morgan fingerprint density at radius 2 is 2.38 bits per heavy atom. The van der Waals surface area contributed by atoms with Crippen molar-refractivity contribution in [2.75, 3.05) is 5.75 Å². The molecule has 1 saturated carbocycles. The third-order valence-corrected chi connectivity index (χ3v) is 3.72. The summed E-state index contributed by atoms with van der Waals surface area (Å²) < 4.78 is 0. The second-order valence-electron chi connectivity index (χ2n) is 3.21. The van der Waals surface area contributed by atoms with Gasteiger partial charge in [-0.3, -0.25) is 0 Å². The van der Waals surface area contributed by atoms with Gasteiger partial charge in [-0.05, 0) is 37.2 Å². The van der Waals surface area contributed by atoms with Crippen molar-refractivity contribution in [2.45, 2.75) is 37.5 Å². The average Bonchev–Trinajstić information content (AvgIpc) is 2.53. The summed E-state index contributed by atoms with van der Waals surface area (Å²) in [5.74, 6) is 6.39. The van der Waals surface area contributed by atoms with Gasteiger partial charge in [0.15, 0.2) is 5.11 Å². The van der Waals surface area contributed by atoms with Crippen LogP contribution in [0, 0.1) is 0 Å². The molecule has 0 saturated heterocycles. The summed E-state index contributed by atoms with van der Waals surface area (Å²) in [7, 11) is 0. The van der Waals surface area contributed by atoms with Gasteiger partial charge in [-0.15, -0.1) is 0 Å². The zero-order valence-corrected chi connectivity index (χ0v) is 9.51. The third-order valence-electron chi connectivity index (χ3n) is 2.25. The molecule has 0 aromatic carbocycles. The number of hydrogen-bond donors (Lipinski definition) is 3. The number of rotatable bonds is 3. The van der Waals surface area contributed by atoms with E-state index in [1.807, 2.05) is 11.8 Å². The third kappa shape index (κ3) is 3.70. The summed E-state index contributed by atoms with van der Waals surface area (Å²) in [5.41, 5.74) is 2.45. The lowest BCUT2D eigenvalue weighted by Gasteiger charge is -2.14. The molecule has 0 spiro atoms. The highest BCUT2D eigenvalue weighted by molar-refractivity contribution is 7.99. The van der Waals surface area contributed by atoms with Crippen LogP contribution in [0.1, 0.15) is 26.2 Å². The molecular weight excluding hydrogens is 202 g/mol. The fourth-order valence-corrected chi connectivity index (χ4v) is 2.99. The van der Waals surface area contributed by atoms with Crippen molar-refractivity contribution in [3.05, 3.63) is 0 Å². The van der Waals surface area contributed by atoms with Crippen LogP contribution >= 0.6 is 24.0 Å². The molecule has 1 rings (SSSR count). The lowest BCUT2D eigenvalue weighted by molar-refractivity contribution is 0.625. The van der Waals surface area contributed by atoms with Crippen LogP contribution in [-0.4, -0.2) is 22.2 Å². The van der Waals surface area contributed by atoms with Gasteiger partial charge in [0.25, 0.3) is 0 Å². The van der Waals surface area contributed by atoms with Crippen molar-refractivity contribution < 1.29 is 0 Å². The van der Waals surface area contributed by atoms with Crippen LogP contribution in [-0.2, 0) is 0 Å². The molecule has 5 heteroatoms. The molecule has 0 amide bonds. The van der Waals surface area contributed by atoms with E-state index in [0.717, 1.165) is 5.25 Å². The summed E-state index contributed by atoms with van der Waals surface area (Å²) in [4.78, 5) is 0. The van der Waals surface area contributed by atoms with E-state index >= 15 is 0 Å².